The summed E-state index contributed by atoms with van der Waals surface area (Å²) in [5.41, 5.74) is 0. The number of rotatable bonds is 1. The maximum atomic E-state index is 2.55. The normalized spacial score (nSPS) is 35.1. The van der Waals surface area contributed by atoms with E-state index in [2.05, 4.69) is 24.6 Å². The zero-order valence-corrected chi connectivity index (χ0v) is 8.29. The first-order valence-electron chi connectivity index (χ1n) is 5.36. The monoisotopic (exact) mass is 166 g/mol. The molecule has 2 atom stereocenters. The van der Waals surface area contributed by atoms with E-state index in [0.717, 1.165) is 11.8 Å². The minimum absolute atomic E-state index is 0.716. The molecule has 0 aromatic rings. The highest BCUT2D eigenvalue weighted by molar-refractivity contribution is 5.56. The summed E-state index contributed by atoms with van der Waals surface area (Å²) in [5.74, 6) is 1.93. The fourth-order valence-electron chi connectivity index (χ4n) is 2.65. The van der Waals surface area contributed by atoms with Crippen LogP contribution in [0.5, 0.6) is 0 Å². The molecule has 0 unspecified atom stereocenters. The first-order chi connectivity index (χ1) is 5.75. The van der Waals surface area contributed by atoms with Crippen molar-refractivity contribution in [3.8, 4) is 0 Å². The average molecular weight is 166 g/mol. The Morgan fingerprint density at radius 1 is 1.33 bits per heavy atom. The lowest BCUT2D eigenvalue weighted by atomic mass is 9.79. The Kier molecular flexibility index (Phi) is 2.20. The minimum atomic E-state index is 0.716. The molecule has 2 rings (SSSR count). The fraction of sp³-hybridized carbons (Fsp3) is 0.909. The van der Waals surface area contributed by atoms with Gasteiger partial charge >= 0.3 is 0 Å². The predicted octanol–water partition coefficient (Wildman–Crippen LogP) is 2.30. The molecule has 0 radical (unpaired) electrons. The van der Waals surface area contributed by atoms with Gasteiger partial charge in [-0.25, -0.2) is 4.58 Å². The van der Waals surface area contributed by atoms with Crippen LogP contribution in [-0.4, -0.2) is 23.4 Å². The van der Waals surface area contributed by atoms with Crippen molar-refractivity contribution < 1.29 is 4.58 Å². The lowest BCUT2D eigenvalue weighted by Gasteiger charge is -2.30. The Morgan fingerprint density at radius 3 is 2.83 bits per heavy atom. The Morgan fingerprint density at radius 2 is 2.17 bits per heavy atom. The van der Waals surface area contributed by atoms with Crippen molar-refractivity contribution in [1.82, 2.24) is 0 Å². The number of fused-ring (bicyclic) bond motifs is 2. The van der Waals surface area contributed by atoms with E-state index >= 15 is 0 Å². The molecule has 1 saturated carbocycles. The van der Waals surface area contributed by atoms with Gasteiger partial charge in [-0.1, -0.05) is 6.42 Å². The van der Waals surface area contributed by atoms with Crippen LogP contribution in [0.3, 0.4) is 0 Å². The van der Waals surface area contributed by atoms with E-state index < -0.39 is 0 Å². The molecule has 1 aliphatic heterocycles. The van der Waals surface area contributed by atoms with Crippen LogP contribution in [0.4, 0.5) is 0 Å². The van der Waals surface area contributed by atoms with E-state index in [9.17, 15) is 0 Å². The van der Waals surface area contributed by atoms with Gasteiger partial charge in [-0.05, 0) is 33.1 Å². The molecule has 0 amide bonds. The van der Waals surface area contributed by atoms with Crippen LogP contribution in [0.2, 0.25) is 0 Å². The van der Waals surface area contributed by atoms with Gasteiger partial charge in [0.1, 0.15) is 18.8 Å². The van der Waals surface area contributed by atoms with Gasteiger partial charge in [0.15, 0.2) is 0 Å². The molecule has 2 bridgehead atoms. The third kappa shape index (κ3) is 1.55. The van der Waals surface area contributed by atoms with Gasteiger partial charge in [-0.15, -0.1) is 0 Å². The smallest absolute Gasteiger partial charge is 0.146 e. The van der Waals surface area contributed by atoms with Crippen molar-refractivity contribution in [2.24, 2.45) is 11.8 Å². The van der Waals surface area contributed by atoms with Crippen molar-refractivity contribution in [3.05, 3.63) is 0 Å². The molecule has 0 spiro atoms. The van der Waals surface area contributed by atoms with Crippen molar-refractivity contribution in [1.29, 1.82) is 0 Å². The molecule has 12 heavy (non-hydrogen) atoms. The zero-order chi connectivity index (χ0) is 8.55. The SMILES string of the molecule is CC(C)[N+]1=C[C@@H]2CCC[C@@H](C2)C1. The fourth-order valence-corrected chi connectivity index (χ4v) is 2.65. The highest BCUT2D eigenvalue weighted by Crippen LogP contribution is 2.31. The average Bonchev–Trinajstić information content (AvgIpc) is 2.03. The topological polar surface area (TPSA) is 3.01 Å². The summed E-state index contributed by atoms with van der Waals surface area (Å²) in [4.78, 5) is 0. The molecule has 2 aliphatic rings. The van der Waals surface area contributed by atoms with E-state index in [1.54, 1.807) is 0 Å². The van der Waals surface area contributed by atoms with E-state index in [-0.39, 0.29) is 0 Å². The summed E-state index contributed by atoms with van der Waals surface area (Å²) < 4.78 is 2.55. The van der Waals surface area contributed by atoms with Crippen LogP contribution < -0.4 is 0 Å². The van der Waals surface area contributed by atoms with Gasteiger partial charge < -0.3 is 0 Å². The van der Waals surface area contributed by atoms with Crippen molar-refractivity contribution in [2.75, 3.05) is 6.54 Å². The maximum absolute atomic E-state index is 2.55. The predicted molar refractivity (Wildman–Crippen MR) is 51.8 cm³/mol. The highest BCUT2D eigenvalue weighted by Gasteiger charge is 2.31. The van der Waals surface area contributed by atoms with Crippen molar-refractivity contribution in [2.45, 2.75) is 45.6 Å². The summed E-state index contributed by atoms with van der Waals surface area (Å²) in [5, 5.41) is 0. The Hall–Kier alpha value is -0.330. The van der Waals surface area contributed by atoms with Gasteiger partial charge in [0.25, 0.3) is 0 Å². The first kappa shape index (κ1) is 8.28. The number of hydrogen-bond donors (Lipinski definition) is 0. The van der Waals surface area contributed by atoms with Gasteiger partial charge in [0.2, 0.25) is 0 Å². The Labute approximate surface area is 75.5 Å². The summed E-state index contributed by atoms with van der Waals surface area (Å²) >= 11 is 0. The molecule has 1 aliphatic carbocycles. The van der Waals surface area contributed by atoms with Crippen LogP contribution in [0.25, 0.3) is 0 Å². The second-order valence-corrected chi connectivity index (χ2v) is 4.73. The Bertz CT molecular complexity index is 193. The molecule has 1 heteroatoms. The van der Waals surface area contributed by atoms with E-state index in [4.69, 9.17) is 0 Å². The largest absolute Gasteiger partial charge is 0.237 e. The van der Waals surface area contributed by atoms with E-state index in [0.29, 0.717) is 6.04 Å². The second-order valence-electron chi connectivity index (χ2n) is 4.73. The van der Waals surface area contributed by atoms with E-state index in [1.807, 2.05) is 0 Å². The van der Waals surface area contributed by atoms with Crippen molar-refractivity contribution in [3.63, 3.8) is 0 Å². The summed E-state index contributed by atoms with van der Waals surface area (Å²) in [6.45, 7) is 5.93. The molecule has 1 heterocycles. The highest BCUT2D eigenvalue weighted by atomic mass is 15.0. The van der Waals surface area contributed by atoms with Gasteiger partial charge in [0.05, 0.1) is 0 Å². The molecule has 68 valence electrons. The number of nitrogens with zero attached hydrogens (tertiary/aromatic N) is 1. The lowest BCUT2D eigenvalue weighted by molar-refractivity contribution is -0.568. The summed E-state index contributed by atoms with van der Waals surface area (Å²) in [6.07, 6.45) is 8.37. The molecule has 0 saturated heterocycles. The molecule has 0 aromatic carbocycles. The van der Waals surface area contributed by atoms with Crippen molar-refractivity contribution >= 4 is 6.21 Å². The maximum Gasteiger partial charge on any atom is 0.146 e. The molecule has 0 aromatic heterocycles. The van der Waals surface area contributed by atoms with Gasteiger partial charge in [-0.2, -0.15) is 0 Å². The minimum Gasteiger partial charge on any atom is -0.237 e. The summed E-state index contributed by atoms with van der Waals surface area (Å²) in [7, 11) is 0. The van der Waals surface area contributed by atoms with Crippen LogP contribution in [0.15, 0.2) is 0 Å². The third-order valence-corrected chi connectivity index (χ3v) is 3.36. The van der Waals surface area contributed by atoms with E-state index in [1.165, 1.54) is 32.2 Å². The van der Waals surface area contributed by atoms with Gasteiger partial charge in [-0.3, -0.25) is 0 Å². The van der Waals surface area contributed by atoms with Crippen LogP contribution >= 0.6 is 0 Å². The number of hydrogen-bond acceptors (Lipinski definition) is 0. The third-order valence-electron chi connectivity index (χ3n) is 3.36. The van der Waals surface area contributed by atoms with Gasteiger partial charge in [0, 0.05) is 11.8 Å². The molecular weight excluding hydrogens is 146 g/mol. The van der Waals surface area contributed by atoms with Crippen LogP contribution in [0, 0.1) is 11.8 Å². The molecular formula is C11H20N+. The quantitative estimate of drug-likeness (QED) is 0.526. The summed E-state index contributed by atoms with van der Waals surface area (Å²) in [6, 6.07) is 0.716. The standard InChI is InChI=1S/C11H20N/c1-9(2)12-7-10-4-3-5-11(6-10)8-12/h7,9-11H,3-6,8H2,1-2H3/q+1/t10-,11+/m1/s1. The molecule has 1 nitrogen and oxygen atoms in total. The Balaban J connectivity index is 2.11. The lowest BCUT2D eigenvalue weighted by Crippen LogP contribution is -2.37. The van der Waals surface area contributed by atoms with Crippen LogP contribution in [0.1, 0.15) is 39.5 Å². The molecule has 1 fully saturated rings. The zero-order valence-electron chi connectivity index (χ0n) is 8.29. The first-order valence-corrected chi connectivity index (χ1v) is 5.36. The second kappa shape index (κ2) is 3.20. The molecule has 0 N–H and O–H groups in total. The van der Waals surface area contributed by atoms with Crippen LogP contribution in [-0.2, 0) is 0 Å².